The number of ether oxygens (including phenoxy) is 2. The molecule has 9 heteroatoms. The molecule has 0 radical (unpaired) electrons. The van der Waals surface area contributed by atoms with Gasteiger partial charge < -0.3 is 14.0 Å². The molecule has 1 aromatic heterocycles. The van der Waals surface area contributed by atoms with Gasteiger partial charge in [-0.15, -0.1) is 11.3 Å². The summed E-state index contributed by atoms with van der Waals surface area (Å²) in [6, 6.07) is 23.0. The first-order chi connectivity index (χ1) is 18.5. The molecule has 1 aliphatic rings. The molecule has 0 saturated carbocycles. The van der Waals surface area contributed by atoms with Crippen molar-refractivity contribution in [3.8, 4) is 22.8 Å². The third kappa shape index (κ3) is 5.70. The predicted octanol–water partition coefficient (Wildman–Crippen LogP) is 5.49. The van der Waals surface area contributed by atoms with E-state index in [2.05, 4.69) is 22.1 Å². The zero-order valence-corrected chi connectivity index (χ0v) is 23.2. The van der Waals surface area contributed by atoms with Gasteiger partial charge in [0.2, 0.25) is 10.0 Å². The average molecular weight is 550 g/mol. The largest absolute Gasteiger partial charge is 0.497 e. The van der Waals surface area contributed by atoms with Gasteiger partial charge in [0.15, 0.2) is 4.80 Å². The van der Waals surface area contributed by atoms with E-state index in [1.807, 2.05) is 48.5 Å². The minimum Gasteiger partial charge on any atom is -0.497 e. The lowest BCUT2D eigenvalue weighted by Crippen LogP contribution is -2.27. The van der Waals surface area contributed by atoms with Gasteiger partial charge in [-0.3, -0.25) is 0 Å². The fourth-order valence-electron chi connectivity index (χ4n) is 4.54. The molecule has 0 N–H and O–H groups in total. The molecular weight excluding hydrogens is 518 g/mol. The molecule has 1 aliphatic heterocycles. The Morgan fingerprint density at radius 3 is 2.05 bits per heavy atom. The standard InChI is InChI=1S/C29H31N3O4S2/c1-35-25-11-5-22(6-12-25)17-20-32-28(21-37-29(32)30-24-9-13-26(36-2)14-10-24)23-7-15-27(16-8-23)38(33,34)31-18-3-4-19-31/h5-16,21H,3-4,17-20H2,1-2H3. The van der Waals surface area contributed by atoms with Gasteiger partial charge >= 0.3 is 0 Å². The van der Waals surface area contributed by atoms with Crippen LogP contribution in [0.4, 0.5) is 5.69 Å². The van der Waals surface area contributed by atoms with Crippen LogP contribution in [0.5, 0.6) is 11.5 Å². The van der Waals surface area contributed by atoms with Crippen molar-refractivity contribution in [2.75, 3.05) is 27.3 Å². The molecule has 198 valence electrons. The monoisotopic (exact) mass is 549 g/mol. The topological polar surface area (TPSA) is 73.1 Å². The second-order valence-electron chi connectivity index (χ2n) is 9.10. The van der Waals surface area contributed by atoms with Crippen molar-refractivity contribution in [1.29, 1.82) is 0 Å². The van der Waals surface area contributed by atoms with Crippen LogP contribution in [0.3, 0.4) is 0 Å². The third-order valence-electron chi connectivity index (χ3n) is 6.73. The smallest absolute Gasteiger partial charge is 0.243 e. The van der Waals surface area contributed by atoms with Crippen LogP contribution in [0.2, 0.25) is 0 Å². The molecule has 3 aromatic carbocycles. The Morgan fingerprint density at radius 2 is 1.45 bits per heavy atom. The lowest BCUT2D eigenvalue weighted by Gasteiger charge is -2.16. The Kier molecular flexibility index (Phi) is 7.97. The quantitative estimate of drug-likeness (QED) is 0.277. The highest BCUT2D eigenvalue weighted by molar-refractivity contribution is 7.89. The molecule has 2 heterocycles. The highest BCUT2D eigenvalue weighted by Crippen LogP contribution is 2.26. The third-order valence-corrected chi connectivity index (χ3v) is 9.51. The van der Waals surface area contributed by atoms with Gasteiger partial charge in [-0.1, -0.05) is 24.3 Å². The summed E-state index contributed by atoms with van der Waals surface area (Å²) in [5.41, 5.74) is 3.98. The van der Waals surface area contributed by atoms with Gasteiger partial charge in [0.1, 0.15) is 11.5 Å². The molecule has 0 unspecified atom stereocenters. The second kappa shape index (κ2) is 11.6. The molecule has 1 fully saturated rings. The number of aryl methyl sites for hydroxylation is 1. The van der Waals surface area contributed by atoms with Crippen LogP contribution in [0.15, 0.2) is 88.1 Å². The van der Waals surface area contributed by atoms with Crippen LogP contribution in [0.1, 0.15) is 18.4 Å². The summed E-state index contributed by atoms with van der Waals surface area (Å²) in [4.78, 5) is 6.12. The Labute approximate surface area is 227 Å². The van der Waals surface area contributed by atoms with Crippen molar-refractivity contribution in [3.05, 3.63) is 88.5 Å². The number of benzene rings is 3. The number of aromatic nitrogens is 1. The fraction of sp³-hybridized carbons (Fsp3) is 0.276. The Hall–Kier alpha value is -3.40. The van der Waals surface area contributed by atoms with E-state index < -0.39 is 10.0 Å². The summed E-state index contributed by atoms with van der Waals surface area (Å²) in [5.74, 6) is 1.61. The maximum absolute atomic E-state index is 13.0. The van der Waals surface area contributed by atoms with Crippen LogP contribution in [0.25, 0.3) is 11.3 Å². The Morgan fingerprint density at radius 1 is 0.842 bits per heavy atom. The number of thiazole rings is 1. The first-order valence-corrected chi connectivity index (χ1v) is 14.9. The van der Waals surface area contributed by atoms with Gasteiger partial charge in [-0.05, 0) is 78.9 Å². The molecular formula is C29H31N3O4S2. The maximum atomic E-state index is 13.0. The Bertz CT molecular complexity index is 1530. The molecule has 0 spiro atoms. The molecule has 5 rings (SSSR count). The number of rotatable bonds is 9. The zero-order valence-electron chi connectivity index (χ0n) is 21.5. The number of hydrogen-bond donors (Lipinski definition) is 0. The number of nitrogens with zero attached hydrogens (tertiary/aromatic N) is 3. The molecule has 38 heavy (non-hydrogen) atoms. The molecule has 0 aliphatic carbocycles. The van der Waals surface area contributed by atoms with Crippen molar-refractivity contribution < 1.29 is 17.9 Å². The van der Waals surface area contributed by atoms with Gasteiger partial charge in [0.25, 0.3) is 0 Å². The van der Waals surface area contributed by atoms with E-state index in [4.69, 9.17) is 14.5 Å². The average Bonchev–Trinajstić information content (AvgIpc) is 3.64. The number of methoxy groups -OCH3 is 2. The van der Waals surface area contributed by atoms with Crippen LogP contribution in [-0.4, -0.2) is 44.6 Å². The molecule has 0 bridgehead atoms. The summed E-state index contributed by atoms with van der Waals surface area (Å²) < 4.78 is 40.3. The van der Waals surface area contributed by atoms with E-state index in [1.54, 1.807) is 42.0 Å². The zero-order chi connectivity index (χ0) is 26.5. The van der Waals surface area contributed by atoms with E-state index in [9.17, 15) is 8.42 Å². The van der Waals surface area contributed by atoms with Crippen molar-refractivity contribution in [2.45, 2.75) is 30.7 Å². The normalized spacial score (nSPS) is 14.6. The highest BCUT2D eigenvalue weighted by Gasteiger charge is 2.27. The molecule has 0 amide bonds. The van der Waals surface area contributed by atoms with Crippen molar-refractivity contribution >= 4 is 27.0 Å². The summed E-state index contributed by atoms with van der Waals surface area (Å²) in [5, 5.41) is 2.08. The number of sulfonamides is 1. The maximum Gasteiger partial charge on any atom is 0.243 e. The lowest BCUT2D eigenvalue weighted by atomic mass is 10.1. The minimum absolute atomic E-state index is 0.339. The van der Waals surface area contributed by atoms with Crippen molar-refractivity contribution in [2.24, 2.45) is 4.99 Å². The minimum atomic E-state index is -3.45. The summed E-state index contributed by atoms with van der Waals surface area (Å²) in [6.45, 7) is 1.90. The van der Waals surface area contributed by atoms with Gasteiger partial charge in [-0.25, -0.2) is 13.4 Å². The molecule has 1 saturated heterocycles. The van der Waals surface area contributed by atoms with Crippen LogP contribution in [0, 0.1) is 0 Å². The molecule has 0 atom stereocenters. The molecule has 7 nitrogen and oxygen atoms in total. The van der Waals surface area contributed by atoms with E-state index in [1.165, 1.54) is 5.56 Å². The highest BCUT2D eigenvalue weighted by atomic mass is 32.2. The van der Waals surface area contributed by atoms with Crippen LogP contribution in [-0.2, 0) is 23.0 Å². The fourth-order valence-corrected chi connectivity index (χ4v) is 7.01. The van der Waals surface area contributed by atoms with Gasteiger partial charge in [-0.2, -0.15) is 4.31 Å². The summed E-state index contributed by atoms with van der Waals surface area (Å²) in [7, 11) is -0.142. The lowest BCUT2D eigenvalue weighted by molar-refractivity contribution is 0.414. The van der Waals surface area contributed by atoms with Crippen LogP contribution >= 0.6 is 11.3 Å². The van der Waals surface area contributed by atoms with E-state index in [-0.39, 0.29) is 0 Å². The summed E-state index contributed by atoms with van der Waals surface area (Å²) >= 11 is 1.57. The van der Waals surface area contributed by atoms with E-state index in [0.717, 1.165) is 52.5 Å². The van der Waals surface area contributed by atoms with E-state index >= 15 is 0 Å². The second-order valence-corrected chi connectivity index (χ2v) is 11.9. The SMILES string of the molecule is COc1ccc(CCn2c(-c3ccc(S(=O)(=O)N4CCCC4)cc3)csc2=Nc2ccc(OC)cc2)cc1. The van der Waals surface area contributed by atoms with Crippen LogP contribution < -0.4 is 14.3 Å². The Balaban J connectivity index is 1.48. The summed E-state index contributed by atoms with van der Waals surface area (Å²) in [6.07, 6.45) is 2.65. The number of hydrogen-bond acceptors (Lipinski definition) is 6. The molecule has 4 aromatic rings. The predicted molar refractivity (Wildman–Crippen MR) is 151 cm³/mol. The first-order valence-electron chi connectivity index (χ1n) is 12.6. The van der Waals surface area contributed by atoms with Gasteiger partial charge in [0, 0.05) is 25.0 Å². The first kappa shape index (κ1) is 26.2. The van der Waals surface area contributed by atoms with Crippen molar-refractivity contribution in [3.63, 3.8) is 0 Å². The van der Waals surface area contributed by atoms with E-state index in [0.29, 0.717) is 24.5 Å². The van der Waals surface area contributed by atoms with Gasteiger partial charge in [0.05, 0.1) is 30.5 Å². The van der Waals surface area contributed by atoms with Crippen molar-refractivity contribution in [1.82, 2.24) is 8.87 Å².